The van der Waals surface area contributed by atoms with E-state index in [1.165, 1.54) is 16.3 Å². The molecule has 0 fully saturated rings. The topological polar surface area (TPSA) is 17.1 Å². The van der Waals surface area contributed by atoms with Crippen molar-refractivity contribution in [2.75, 3.05) is 0 Å². The van der Waals surface area contributed by atoms with Gasteiger partial charge in [0.1, 0.15) is 5.78 Å². The first-order valence-corrected chi connectivity index (χ1v) is 13.1. The highest BCUT2D eigenvalue weighted by Gasteiger charge is 2.21. The highest BCUT2D eigenvalue weighted by molar-refractivity contribution is 9.10. The Bertz CT molecular complexity index is 681. The summed E-state index contributed by atoms with van der Waals surface area (Å²) in [4.78, 5) is 11.3. The molecule has 0 radical (unpaired) electrons. The predicted molar refractivity (Wildman–Crippen MR) is 121 cm³/mol. The molecule has 26 heavy (non-hydrogen) atoms. The largest absolute Gasteiger partial charge is 0.300 e. The van der Waals surface area contributed by atoms with Gasteiger partial charge in [-0.15, -0.1) is 6.58 Å². The molecule has 0 saturated heterocycles. The maximum atomic E-state index is 11.3. The van der Waals surface area contributed by atoms with Crippen LogP contribution in [0.1, 0.15) is 25.0 Å². The Morgan fingerprint density at radius 2 is 1.65 bits per heavy atom. The van der Waals surface area contributed by atoms with E-state index in [1.54, 1.807) is 6.92 Å². The van der Waals surface area contributed by atoms with Crippen LogP contribution in [-0.2, 0) is 11.2 Å². The Balaban J connectivity index is 0.000000350. The van der Waals surface area contributed by atoms with Gasteiger partial charge in [0.05, 0.1) is 8.07 Å². The van der Waals surface area contributed by atoms with Crippen LogP contribution in [0, 0.1) is 12.8 Å². The molecule has 0 bridgehead atoms. The normalized spacial score (nSPS) is 11.9. The number of carbonyl (C=O) groups is 1. The molecule has 0 aliphatic heterocycles. The number of carbonyl (C=O) groups excluding carboxylic acids is 1. The molecular formula is C23H31BrOSi. The molecule has 140 valence electrons. The smallest absolute Gasteiger partial charge is 0.132 e. The zero-order chi connectivity index (χ0) is 19.7. The van der Waals surface area contributed by atoms with E-state index in [1.807, 2.05) is 25.1 Å². The molecule has 3 heteroatoms. The molecule has 0 saturated carbocycles. The summed E-state index contributed by atoms with van der Waals surface area (Å²) in [5, 5.41) is 1.46. The van der Waals surface area contributed by atoms with E-state index in [9.17, 15) is 4.79 Å². The number of hydrogen-bond donors (Lipinski definition) is 0. The number of Topliss-reactive ketones (excluding diaryl/α,β-unsaturated/α-hetero) is 1. The fourth-order valence-electron chi connectivity index (χ4n) is 2.60. The zero-order valence-electron chi connectivity index (χ0n) is 16.7. The van der Waals surface area contributed by atoms with Crippen molar-refractivity contribution in [2.24, 2.45) is 5.92 Å². The third-order valence-electron chi connectivity index (χ3n) is 4.64. The summed E-state index contributed by atoms with van der Waals surface area (Å²) >= 11 is 3.35. The van der Waals surface area contributed by atoms with Crippen LogP contribution < -0.4 is 5.19 Å². The monoisotopic (exact) mass is 430 g/mol. The van der Waals surface area contributed by atoms with Crippen LogP contribution in [0.15, 0.2) is 65.7 Å². The van der Waals surface area contributed by atoms with Crippen molar-refractivity contribution in [1.29, 1.82) is 0 Å². The highest BCUT2D eigenvalue weighted by atomic mass is 79.9. The van der Waals surface area contributed by atoms with Crippen molar-refractivity contribution in [3.05, 3.63) is 76.8 Å². The van der Waals surface area contributed by atoms with Gasteiger partial charge in [0.2, 0.25) is 0 Å². The van der Waals surface area contributed by atoms with Gasteiger partial charge < -0.3 is 0 Å². The number of halogens is 1. The van der Waals surface area contributed by atoms with E-state index >= 15 is 0 Å². The average Bonchev–Trinajstić information content (AvgIpc) is 2.58. The molecule has 0 spiro atoms. The van der Waals surface area contributed by atoms with Crippen LogP contribution in [0.25, 0.3) is 0 Å². The highest BCUT2D eigenvalue weighted by Crippen LogP contribution is 2.13. The first-order chi connectivity index (χ1) is 12.2. The Morgan fingerprint density at radius 1 is 1.12 bits per heavy atom. The Hall–Kier alpha value is -1.45. The first-order valence-electron chi connectivity index (χ1n) is 9.08. The summed E-state index contributed by atoms with van der Waals surface area (Å²) in [7, 11) is -1.35. The number of hydrogen-bond acceptors (Lipinski definition) is 1. The lowest BCUT2D eigenvalue weighted by Crippen LogP contribution is -2.40. The number of ketones is 1. The van der Waals surface area contributed by atoms with Gasteiger partial charge in [-0.3, -0.25) is 4.79 Å². The fraction of sp³-hybridized carbons (Fsp3) is 0.348. The number of rotatable bonds is 6. The standard InChI is InChI=1S/C16H24OSi.C7H7Br/c1-6-11-18(4,5)16-9-7-15(8-10-16)12-13(2)14(3)17;1-6-2-4-7(8)5-3-6/h6-10,13H,1,11-12H2,2-5H3;2-5H,1H3/t13-;/m0./s1. The van der Waals surface area contributed by atoms with Gasteiger partial charge in [-0.2, -0.15) is 0 Å². The molecule has 2 rings (SSSR count). The van der Waals surface area contributed by atoms with Crippen LogP contribution in [0.4, 0.5) is 0 Å². The van der Waals surface area contributed by atoms with Gasteiger partial charge in [0.15, 0.2) is 0 Å². The molecule has 1 atom stereocenters. The minimum absolute atomic E-state index is 0.120. The summed E-state index contributed by atoms with van der Waals surface area (Å²) in [6, 6.07) is 18.1. The zero-order valence-corrected chi connectivity index (χ0v) is 19.3. The molecule has 0 heterocycles. The van der Waals surface area contributed by atoms with Gasteiger partial charge in [-0.05, 0) is 44.0 Å². The lowest BCUT2D eigenvalue weighted by molar-refractivity contribution is -0.120. The SMILES string of the molecule is C=CC[Si](C)(C)c1ccc(C[C@H](C)C(C)=O)cc1.Cc1ccc(Br)cc1. The van der Waals surface area contributed by atoms with Crippen molar-refractivity contribution >= 4 is 35.0 Å². The van der Waals surface area contributed by atoms with Crippen LogP contribution in [0.3, 0.4) is 0 Å². The lowest BCUT2D eigenvalue weighted by Gasteiger charge is -2.21. The van der Waals surface area contributed by atoms with Gasteiger partial charge in [0.25, 0.3) is 0 Å². The molecule has 0 aromatic heterocycles. The van der Waals surface area contributed by atoms with Crippen LogP contribution in [0.5, 0.6) is 0 Å². The van der Waals surface area contributed by atoms with Gasteiger partial charge in [0, 0.05) is 10.4 Å². The number of allylic oxidation sites excluding steroid dienone is 1. The second kappa shape index (κ2) is 10.6. The minimum Gasteiger partial charge on any atom is -0.300 e. The van der Waals surface area contributed by atoms with E-state index < -0.39 is 8.07 Å². The first kappa shape index (κ1) is 22.6. The molecule has 1 nitrogen and oxygen atoms in total. The maximum Gasteiger partial charge on any atom is 0.132 e. The number of benzene rings is 2. The molecule has 0 aliphatic rings. The van der Waals surface area contributed by atoms with Crippen molar-refractivity contribution < 1.29 is 4.79 Å². The summed E-state index contributed by atoms with van der Waals surface area (Å²) in [5.74, 6) is 0.384. The second-order valence-corrected chi connectivity index (χ2v) is 13.3. The van der Waals surface area contributed by atoms with Crippen molar-refractivity contribution in [2.45, 2.75) is 46.3 Å². The molecule has 2 aromatic carbocycles. The molecule has 0 aliphatic carbocycles. The van der Waals surface area contributed by atoms with E-state index in [0.717, 1.165) is 16.9 Å². The van der Waals surface area contributed by atoms with E-state index in [0.29, 0.717) is 0 Å². The molecule has 0 amide bonds. The molecule has 0 N–H and O–H groups in total. The summed E-state index contributed by atoms with van der Waals surface area (Å²) < 4.78 is 1.14. The van der Waals surface area contributed by atoms with Crippen LogP contribution >= 0.6 is 15.9 Å². The van der Waals surface area contributed by atoms with Gasteiger partial charge in [-0.1, -0.05) is 89.2 Å². The average molecular weight is 431 g/mol. The van der Waals surface area contributed by atoms with E-state index in [4.69, 9.17) is 0 Å². The second-order valence-electron chi connectivity index (χ2n) is 7.58. The molecular weight excluding hydrogens is 400 g/mol. The maximum absolute atomic E-state index is 11.3. The van der Waals surface area contributed by atoms with Gasteiger partial charge in [-0.25, -0.2) is 0 Å². The Labute approximate surface area is 168 Å². The molecule has 2 aromatic rings. The number of aryl methyl sites for hydroxylation is 1. The van der Waals surface area contributed by atoms with Crippen molar-refractivity contribution in [3.8, 4) is 0 Å². The Kier molecular flexibility index (Phi) is 9.24. The third kappa shape index (κ3) is 7.84. The van der Waals surface area contributed by atoms with E-state index in [2.05, 4.69) is 78.9 Å². The summed E-state index contributed by atoms with van der Waals surface area (Å²) in [6.07, 6.45) is 2.87. The summed E-state index contributed by atoms with van der Waals surface area (Å²) in [5.41, 5.74) is 2.55. The van der Waals surface area contributed by atoms with E-state index in [-0.39, 0.29) is 11.7 Å². The van der Waals surface area contributed by atoms with Crippen molar-refractivity contribution in [1.82, 2.24) is 0 Å². The quantitative estimate of drug-likeness (QED) is 0.387. The predicted octanol–water partition coefficient (Wildman–Crippen LogP) is 6.31. The van der Waals surface area contributed by atoms with Gasteiger partial charge >= 0.3 is 0 Å². The Morgan fingerprint density at radius 3 is 2.08 bits per heavy atom. The van der Waals surface area contributed by atoms with Crippen LogP contribution in [0.2, 0.25) is 19.1 Å². The fourth-order valence-corrected chi connectivity index (χ4v) is 4.89. The summed E-state index contributed by atoms with van der Waals surface area (Å²) in [6.45, 7) is 14.3. The minimum atomic E-state index is -1.35. The lowest BCUT2D eigenvalue weighted by atomic mass is 9.98. The molecule has 0 unspecified atom stereocenters. The van der Waals surface area contributed by atoms with Crippen LogP contribution in [-0.4, -0.2) is 13.9 Å². The van der Waals surface area contributed by atoms with Crippen molar-refractivity contribution in [3.63, 3.8) is 0 Å². The third-order valence-corrected chi connectivity index (χ3v) is 8.37.